The van der Waals surface area contributed by atoms with Crippen molar-refractivity contribution in [3.8, 4) is 0 Å². The number of anilines is 1. The van der Waals surface area contributed by atoms with Crippen LogP contribution in [-0.2, 0) is 16.1 Å². The summed E-state index contributed by atoms with van der Waals surface area (Å²) in [6.07, 6.45) is 3.46. The molecule has 1 fully saturated rings. The highest BCUT2D eigenvalue weighted by Gasteiger charge is 2.23. The second kappa shape index (κ2) is 8.03. The first-order valence-electron chi connectivity index (χ1n) is 7.89. The summed E-state index contributed by atoms with van der Waals surface area (Å²) in [6, 6.07) is 3.36. The summed E-state index contributed by atoms with van der Waals surface area (Å²) < 4.78 is 7.08. The van der Waals surface area contributed by atoms with Gasteiger partial charge in [0, 0.05) is 12.8 Å². The van der Waals surface area contributed by atoms with E-state index < -0.39 is 5.25 Å². The van der Waals surface area contributed by atoms with Gasteiger partial charge in [-0.2, -0.15) is 0 Å². The van der Waals surface area contributed by atoms with Gasteiger partial charge in [-0.25, -0.2) is 14.9 Å². The van der Waals surface area contributed by atoms with E-state index in [-0.39, 0.29) is 22.9 Å². The molecule has 2 atom stereocenters. The number of aromatic amines is 1. The van der Waals surface area contributed by atoms with Crippen LogP contribution in [0, 0.1) is 0 Å². The summed E-state index contributed by atoms with van der Waals surface area (Å²) in [5.74, 6) is -0.251. The van der Waals surface area contributed by atoms with Gasteiger partial charge in [0.2, 0.25) is 5.91 Å². The molecule has 1 saturated heterocycles. The average molecular weight is 384 g/mol. The fourth-order valence-electron chi connectivity index (χ4n) is 2.47. The van der Waals surface area contributed by atoms with Crippen LogP contribution < -0.4 is 11.0 Å². The number of halogens is 1. The molecule has 0 aromatic carbocycles. The highest BCUT2D eigenvalue weighted by atomic mass is 35.5. The van der Waals surface area contributed by atoms with Crippen LogP contribution in [0.5, 0.6) is 0 Å². The van der Waals surface area contributed by atoms with Gasteiger partial charge in [-0.1, -0.05) is 23.4 Å². The molecule has 25 heavy (non-hydrogen) atoms. The lowest BCUT2D eigenvalue weighted by molar-refractivity contribution is -0.115. The Bertz CT molecular complexity index is 802. The molecule has 0 aliphatic carbocycles. The standard InChI is InChI=1S/C15H18ClN5O3S/c1-9(13(22)18-11-5-2-6-17-12(11)16)25-15-20-19-14(23)21(15)8-10-4-3-7-24-10/h2,5-6,9-10H,3-4,7-8H2,1H3,(H,18,22)(H,19,23)/t9-,10-/m1/s1. The minimum Gasteiger partial charge on any atom is -0.376 e. The van der Waals surface area contributed by atoms with E-state index in [9.17, 15) is 9.59 Å². The number of hydrogen-bond donors (Lipinski definition) is 2. The number of hydrogen-bond acceptors (Lipinski definition) is 6. The number of carbonyl (C=O) groups excluding carboxylic acids is 1. The van der Waals surface area contributed by atoms with Crippen LogP contribution in [0.2, 0.25) is 5.15 Å². The van der Waals surface area contributed by atoms with Crippen LogP contribution in [0.1, 0.15) is 19.8 Å². The van der Waals surface area contributed by atoms with Gasteiger partial charge in [-0.15, -0.1) is 5.10 Å². The number of carbonyl (C=O) groups is 1. The Balaban J connectivity index is 1.66. The van der Waals surface area contributed by atoms with Gasteiger partial charge < -0.3 is 10.1 Å². The summed E-state index contributed by atoms with van der Waals surface area (Å²) in [7, 11) is 0. The second-order valence-corrected chi connectivity index (χ2v) is 7.31. The van der Waals surface area contributed by atoms with Crippen LogP contribution in [0.4, 0.5) is 5.69 Å². The van der Waals surface area contributed by atoms with Gasteiger partial charge in [0.1, 0.15) is 0 Å². The molecule has 3 heterocycles. The van der Waals surface area contributed by atoms with E-state index in [1.165, 1.54) is 16.3 Å². The zero-order valence-corrected chi connectivity index (χ0v) is 15.1. The van der Waals surface area contributed by atoms with Crippen molar-refractivity contribution >= 4 is 35.0 Å². The first-order valence-corrected chi connectivity index (χ1v) is 9.15. The molecule has 134 valence electrons. The maximum atomic E-state index is 12.4. The molecule has 2 N–H and O–H groups in total. The molecule has 1 aliphatic rings. The van der Waals surface area contributed by atoms with Crippen LogP contribution in [-0.4, -0.2) is 43.6 Å². The lowest BCUT2D eigenvalue weighted by Crippen LogP contribution is -2.27. The van der Waals surface area contributed by atoms with Crippen molar-refractivity contribution in [3.63, 3.8) is 0 Å². The summed E-state index contributed by atoms with van der Waals surface area (Å²) in [6.45, 7) is 2.88. The van der Waals surface area contributed by atoms with Gasteiger partial charge in [-0.05, 0) is 31.9 Å². The highest BCUT2D eigenvalue weighted by molar-refractivity contribution is 8.00. The number of nitrogens with one attached hydrogen (secondary N) is 2. The first-order chi connectivity index (χ1) is 12.0. The molecular weight excluding hydrogens is 366 g/mol. The number of thioether (sulfide) groups is 1. The Kier molecular flexibility index (Phi) is 5.77. The van der Waals surface area contributed by atoms with Crippen molar-refractivity contribution in [2.24, 2.45) is 0 Å². The Morgan fingerprint density at radius 2 is 2.48 bits per heavy atom. The molecule has 0 radical (unpaired) electrons. The molecular formula is C15H18ClN5O3S. The number of rotatable bonds is 6. The van der Waals surface area contributed by atoms with Crippen molar-refractivity contribution in [3.05, 3.63) is 34.0 Å². The topological polar surface area (TPSA) is 102 Å². The lowest BCUT2D eigenvalue weighted by atomic mass is 10.2. The number of ether oxygens (including phenoxy) is 1. The monoisotopic (exact) mass is 383 g/mol. The molecule has 1 aliphatic heterocycles. The maximum Gasteiger partial charge on any atom is 0.344 e. The minimum absolute atomic E-state index is 0.00739. The summed E-state index contributed by atoms with van der Waals surface area (Å²) in [4.78, 5) is 28.2. The van der Waals surface area contributed by atoms with E-state index in [1.807, 2.05) is 0 Å². The van der Waals surface area contributed by atoms with E-state index in [2.05, 4.69) is 20.5 Å². The Hall–Kier alpha value is -1.84. The van der Waals surface area contributed by atoms with Gasteiger partial charge in [0.15, 0.2) is 10.3 Å². The highest BCUT2D eigenvalue weighted by Crippen LogP contribution is 2.24. The number of nitrogens with zero attached hydrogens (tertiary/aromatic N) is 3. The van der Waals surface area contributed by atoms with E-state index in [4.69, 9.17) is 16.3 Å². The third-order valence-corrected chi connectivity index (χ3v) is 5.19. The molecule has 0 bridgehead atoms. The molecule has 2 aromatic rings. The summed E-state index contributed by atoms with van der Waals surface area (Å²) >= 11 is 7.14. The molecule has 2 aromatic heterocycles. The largest absolute Gasteiger partial charge is 0.376 e. The number of amides is 1. The molecule has 8 nitrogen and oxygen atoms in total. The number of aromatic nitrogens is 4. The Morgan fingerprint density at radius 1 is 1.64 bits per heavy atom. The average Bonchev–Trinajstić information content (AvgIpc) is 3.22. The van der Waals surface area contributed by atoms with E-state index in [0.717, 1.165) is 12.8 Å². The first kappa shape index (κ1) is 18.0. The number of pyridine rings is 1. The van der Waals surface area contributed by atoms with Crippen LogP contribution in [0.25, 0.3) is 0 Å². The lowest BCUT2D eigenvalue weighted by Gasteiger charge is -2.14. The minimum atomic E-state index is -0.477. The predicted octanol–water partition coefficient (Wildman–Crippen LogP) is 1.92. The van der Waals surface area contributed by atoms with Crippen LogP contribution in [0.3, 0.4) is 0 Å². The third kappa shape index (κ3) is 4.42. The van der Waals surface area contributed by atoms with Gasteiger partial charge >= 0.3 is 5.69 Å². The normalized spacial score (nSPS) is 18.2. The molecule has 3 rings (SSSR count). The second-order valence-electron chi connectivity index (χ2n) is 5.65. The number of H-pyrrole nitrogens is 1. The summed E-state index contributed by atoms with van der Waals surface area (Å²) in [5.41, 5.74) is 0.140. The molecule has 0 spiro atoms. The fraction of sp³-hybridized carbons (Fsp3) is 0.467. The zero-order chi connectivity index (χ0) is 17.8. The van der Waals surface area contributed by atoms with Gasteiger partial charge in [0.25, 0.3) is 0 Å². The van der Waals surface area contributed by atoms with Crippen molar-refractivity contribution in [2.45, 2.75) is 42.8 Å². The van der Waals surface area contributed by atoms with E-state index in [1.54, 1.807) is 25.3 Å². The predicted molar refractivity (Wildman–Crippen MR) is 95.0 cm³/mol. The van der Waals surface area contributed by atoms with Crippen molar-refractivity contribution in [1.29, 1.82) is 0 Å². The summed E-state index contributed by atoms with van der Waals surface area (Å²) in [5, 5.41) is 9.38. The van der Waals surface area contributed by atoms with E-state index in [0.29, 0.717) is 24.0 Å². The molecule has 1 amide bonds. The van der Waals surface area contributed by atoms with Crippen LogP contribution >= 0.6 is 23.4 Å². The van der Waals surface area contributed by atoms with Crippen LogP contribution in [0.15, 0.2) is 28.3 Å². The van der Waals surface area contributed by atoms with Crippen molar-refractivity contribution in [1.82, 2.24) is 19.7 Å². The smallest absolute Gasteiger partial charge is 0.344 e. The van der Waals surface area contributed by atoms with Gasteiger partial charge in [0.05, 0.1) is 23.6 Å². The fourth-order valence-corrected chi connectivity index (χ4v) is 3.50. The third-order valence-electron chi connectivity index (χ3n) is 3.80. The quantitative estimate of drug-likeness (QED) is 0.583. The Labute approximate surface area is 153 Å². The zero-order valence-electron chi connectivity index (χ0n) is 13.6. The molecule has 0 saturated carbocycles. The van der Waals surface area contributed by atoms with Gasteiger partial charge in [-0.3, -0.25) is 9.36 Å². The SMILES string of the molecule is C[C@@H](Sc1n[nH]c(=O)n1C[C@H]1CCCO1)C(=O)Nc1cccnc1Cl. The van der Waals surface area contributed by atoms with E-state index >= 15 is 0 Å². The molecule has 10 heteroatoms. The van der Waals surface area contributed by atoms with Crippen molar-refractivity contribution < 1.29 is 9.53 Å². The maximum absolute atomic E-state index is 12.4. The van der Waals surface area contributed by atoms with Crippen molar-refractivity contribution in [2.75, 3.05) is 11.9 Å². The Morgan fingerprint density at radius 3 is 3.20 bits per heavy atom. The molecule has 0 unspecified atom stereocenters.